The molecule has 2 rings (SSSR count). The molecule has 1 heterocycles. The number of hydrogen-bond acceptors (Lipinski definition) is 2. The number of carbonyl (C=O) groups excluding carboxylic acids is 1. The van der Waals surface area contributed by atoms with Crippen molar-refractivity contribution in [2.75, 3.05) is 26.7 Å². The van der Waals surface area contributed by atoms with E-state index < -0.39 is 0 Å². The van der Waals surface area contributed by atoms with Crippen LogP contribution in [-0.4, -0.2) is 37.5 Å². The van der Waals surface area contributed by atoms with Crippen LogP contribution in [0.25, 0.3) is 0 Å². The van der Waals surface area contributed by atoms with Crippen molar-refractivity contribution in [2.24, 2.45) is 5.92 Å². The number of nitrogens with one attached hydrogen (secondary N) is 1. The molecule has 1 amide bonds. The molecule has 1 fully saturated rings. The molecule has 0 spiro atoms. The maximum absolute atomic E-state index is 12.2. The Balaban J connectivity index is 1.68. The van der Waals surface area contributed by atoms with Gasteiger partial charge in [0, 0.05) is 24.5 Å². The molecule has 0 bridgehead atoms. The van der Waals surface area contributed by atoms with Crippen molar-refractivity contribution >= 4 is 21.8 Å². The van der Waals surface area contributed by atoms with E-state index in [2.05, 4.69) is 33.4 Å². The van der Waals surface area contributed by atoms with E-state index in [1.54, 1.807) is 0 Å². The molecule has 1 aromatic carbocycles. The van der Waals surface area contributed by atoms with Crippen molar-refractivity contribution in [3.05, 3.63) is 34.3 Å². The first-order valence-electron chi connectivity index (χ1n) is 7.84. The molecule has 0 radical (unpaired) electrons. The Hall–Kier alpha value is -0.870. The van der Waals surface area contributed by atoms with E-state index in [9.17, 15) is 4.79 Å². The van der Waals surface area contributed by atoms with Gasteiger partial charge in [0.15, 0.2) is 0 Å². The lowest BCUT2D eigenvalue weighted by molar-refractivity contribution is -0.130. The van der Waals surface area contributed by atoms with Gasteiger partial charge in [-0.25, -0.2) is 0 Å². The highest BCUT2D eigenvalue weighted by Crippen LogP contribution is 2.18. The third-order valence-electron chi connectivity index (χ3n) is 4.30. The van der Waals surface area contributed by atoms with Crippen LogP contribution in [0.15, 0.2) is 28.7 Å². The van der Waals surface area contributed by atoms with Crippen molar-refractivity contribution in [1.29, 1.82) is 0 Å². The van der Waals surface area contributed by atoms with Gasteiger partial charge < -0.3 is 10.2 Å². The van der Waals surface area contributed by atoms with Crippen LogP contribution in [0, 0.1) is 5.92 Å². The molecule has 116 valence electrons. The first-order valence-corrected chi connectivity index (χ1v) is 8.63. The molecule has 0 aromatic heterocycles. The van der Waals surface area contributed by atoms with E-state index in [1.807, 2.05) is 24.1 Å². The zero-order valence-corrected chi connectivity index (χ0v) is 14.4. The molecular weight excluding hydrogens is 328 g/mol. The molecule has 21 heavy (non-hydrogen) atoms. The molecule has 4 heteroatoms. The van der Waals surface area contributed by atoms with Crippen molar-refractivity contribution in [3.8, 4) is 0 Å². The molecule has 1 saturated heterocycles. The molecule has 1 aromatic rings. The second kappa shape index (κ2) is 8.54. The standard InChI is InChI=1S/C17H25BrN2O/c1-20(13-10-14-2-5-16(18)6-3-14)17(21)7-4-15-8-11-19-12-9-15/h2-3,5-6,15,19H,4,7-13H2,1H3. The number of hydrogen-bond donors (Lipinski definition) is 1. The number of halogens is 1. The van der Waals surface area contributed by atoms with E-state index in [0.29, 0.717) is 6.42 Å². The number of likely N-dealkylation sites (N-methyl/N-ethyl adjacent to an activating group) is 1. The highest BCUT2D eigenvalue weighted by Gasteiger charge is 2.16. The summed E-state index contributed by atoms with van der Waals surface area (Å²) in [6.07, 6.45) is 5.10. The van der Waals surface area contributed by atoms with E-state index in [4.69, 9.17) is 0 Å². The third kappa shape index (κ3) is 5.79. The van der Waals surface area contributed by atoms with Crippen LogP contribution in [0.1, 0.15) is 31.2 Å². The average molecular weight is 353 g/mol. The quantitative estimate of drug-likeness (QED) is 0.852. The molecule has 0 atom stereocenters. The summed E-state index contributed by atoms with van der Waals surface area (Å²) in [5, 5.41) is 3.37. The lowest BCUT2D eigenvalue weighted by Crippen LogP contribution is -2.31. The Morgan fingerprint density at radius 2 is 1.95 bits per heavy atom. The Morgan fingerprint density at radius 3 is 2.62 bits per heavy atom. The summed E-state index contributed by atoms with van der Waals surface area (Å²) < 4.78 is 1.10. The smallest absolute Gasteiger partial charge is 0.222 e. The van der Waals surface area contributed by atoms with Gasteiger partial charge in [-0.1, -0.05) is 28.1 Å². The average Bonchev–Trinajstić information content (AvgIpc) is 2.52. The summed E-state index contributed by atoms with van der Waals surface area (Å²) in [5.41, 5.74) is 1.27. The summed E-state index contributed by atoms with van der Waals surface area (Å²) in [6, 6.07) is 8.32. The monoisotopic (exact) mass is 352 g/mol. The fourth-order valence-corrected chi connectivity index (χ4v) is 3.03. The van der Waals surface area contributed by atoms with E-state index in [1.165, 1.54) is 18.4 Å². The lowest BCUT2D eigenvalue weighted by Gasteiger charge is -2.23. The van der Waals surface area contributed by atoms with Gasteiger partial charge in [0.25, 0.3) is 0 Å². The van der Waals surface area contributed by atoms with Crippen molar-refractivity contribution < 1.29 is 4.79 Å². The second-order valence-corrected chi connectivity index (χ2v) is 6.84. The van der Waals surface area contributed by atoms with Crippen LogP contribution in [0.3, 0.4) is 0 Å². The second-order valence-electron chi connectivity index (χ2n) is 5.92. The lowest BCUT2D eigenvalue weighted by atomic mass is 9.93. The molecule has 1 aliphatic rings. The van der Waals surface area contributed by atoms with Crippen LogP contribution in [0.5, 0.6) is 0 Å². The van der Waals surface area contributed by atoms with Crippen molar-refractivity contribution in [1.82, 2.24) is 10.2 Å². The molecule has 0 aliphatic carbocycles. The van der Waals surface area contributed by atoms with E-state index in [-0.39, 0.29) is 5.91 Å². The van der Waals surface area contributed by atoms with Gasteiger partial charge in [0.05, 0.1) is 0 Å². The zero-order valence-electron chi connectivity index (χ0n) is 12.8. The minimum absolute atomic E-state index is 0.283. The van der Waals surface area contributed by atoms with E-state index >= 15 is 0 Å². The summed E-state index contributed by atoms with van der Waals surface area (Å²) in [5.74, 6) is 1.01. The number of piperidine rings is 1. The van der Waals surface area contributed by atoms with Gasteiger partial charge >= 0.3 is 0 Å². The molecular formula is C17H25BrN2O. The normalized spacial score (nSPS) is 15.9. The van der Waals surface area contributed by atoms with Gasteiger partial charge in [0.1, 0.15) is 0 Å². The highest BCUT2D eigenvalue weighted by molar-refractivity contribution is 9.10. The number of rotatable bonds is 6. The maximum atomic E-state index is 12.2. The largest absolute Gasteiger partial charge is 0.345 e. The Bertz CT molecular complexity index is 441. The summed E-state index contributed by atoms with van der Waals surface area (Å²) in [7, 11) is 1.92. The van der Waals surface area contributed by atoms with Crippen LogP contribution < -0.4 is 5.32 Å². The molecule has 0 saturated carbocycles. The topological polar surface area (TPSA) is 32.3 Å². The molecule has 1 N–H and O–H groups in total. The number of carbonyl (C=O) groups is 1. The first-order chi connectivity index (χ1) is 10.1. The SMILES string of the molecule is CN(CCc1ccc(Br)cc1)C(=O)CCC1CCNCC1. The van der Waals surface area contributed by atoms with E-state index in [0.717, 1.165) is 42.9 Å². The van der Waals surface area contributed by atoms with Gasteiger partial charge in [-0.15, -0.1) is 0 Å². The summed E-state index contributed by atoms with van der Waals surface area (Å²) in [4.78, 5) is 14.0. The minimum atomic E-state index is 0.283. The van der Waals surface area contributed by atoms with Crippen molar-refractivity contribution in [2.45, 2.75) is 32.1 Å². The number of benzene rings is 1. The van der Waals surface area contributed by atoms with Crippen LogP contribution in [0.4, 0.5) is 0 Å². The van der Waals surface area contributed by atoms with Crippen LogP contribution in [-0.2, 0) is 11.2 Å². The number of amides is 1. The Morgan fingerprint density at radius 1 is 1.29 bits per heavy atom. The summed E-state index contributed by atoms with van der Waals surface area (Å²) >= 11 is 3.44. The molecule has 3 nitrogen and oxygen atoms in total. The Labute approximate surface area is 136 Å². The van der Waals surface area contributed by atoms with Gasteiger partial charge in [0.2, 0.25) is 5.91 Å². The predicted molar refractivity (Wildman–Crippen MR) is 90.3 cm³/mol. The Kier molecular flexibility index (Phi) is 6.71. The highest BCUT2D eigenvalue weighted by atomic mass is 79.9. The zero-order chi connectivity index (χ0) is 15.1. The fraction of sp³-hybridized carbons (Fsp3) is 0.588. The molecule has 1 aliphatic heterocycles. The molecule has 0 unspecified atom stereocenters. The van der Waals surface area contributed by atoms with Crippen LogP contribution in [0.2, 0.25) is 0 Å². The van der Waals surface area contributed by atoms with Crippen molar-refractivity contribution in [3.63, 3.8) is 0 Å². The first kappa shape index (κ1) is 16.5. The van der Waals surface area contributed by atoms with Gasteiger partial charge in [-0.2, -0.15) is 0 Å². The third-order valence-corrected chi connectivity index (χ3v) is 4.83. The fourth-order valence-electron chi connectivity index (χ4n) is 2.76. The summed E-state index contributed by atoms with van der Waals surface area (Å²) in [6.45, 7) is 3.02. The minimum Gasteiger partial charge on any atom is -0.345 e. The van der Waals surface area contributed by atoms with Gasteiger partial charge in [-0.05, 0) is 62.4 Å². The maximum Gasteiger partial charge on any atom is 0.222 e. The van der Waals surface area contributed by atoms with Gasteiger partial charge in [-0.3, -0.25) is 4.79 Å². The predicted octanol–water partition coefficient (Wildman–Crippen LogP) is 3.23. The van der Waals surface area contributed by atoms with Crippen LogP contribution >= 0.6 is 15.9 Å². The number of nitrogens with zero attached hydrogens (tertiary/aromatic N) is 1.